The van der Waals surface area contributed by atoms with Crippen molar-refractivity contribution in [2.24, 2.45) is 0 Å². The number of amides is 1. The second-order valence-electron chi connectivity index (χ2n) is 18.3. The maximum absolute atomic E-state index is 13.2. The number of aliphatic hydroxyl groups excluding tert-OH is 2. The van der Waals surface area contributed by atoms with E-state index in [1.54, 1.807) is 0 Å². The summed E-state index contributed by atoms with van der Waals surface area (Å²) in [6, 6.07) is -0.729. The van der Waals surface area contributed by atoms with E-state index < -0.39 is 18.2 Å². The van der Waals surface area contributed by atoms with Crippen LogP contribution in [0.15, 0.2) is 109 Å². The molecule has 0 rings (SSSR count). The van der Waals surface area contributed by atoms with Gasteiger partial charge >= 0.3 is 5.97 Å². The molecule has 0 fully saturated rings. The third-order valence-electron chi connectivity index (χ3n) is 11.9. The van der Waals surface area contributed by atoms with E-state index in [9.17, 15) is 19.8 Å². The Hall–Kier alpha value is -3.48. The van der Waals surface area contributed by atoms with Gasteiger partial charge in [-0.2, -0.15) is 0 Å². The first-order valence-electron chi connectivity index (χ1n) is 27.7. The molecule has 0 saturated carbocycles. The van der Waals surface area contributed by atoms with Crippen LogP contribution in [0.4, 0.5) is 0 Å². The summed E-state index contributed by atoms with van der Waals surface area (Å²) < 4.78 is 5.91. The van der Waals surface area contributed by atoms with Gasteiger partial charge in [0, 0.05) is 6.42 Å². The fourth-order valence-electron chi connectivity index (χ4n) is 7.82. The molecule has 0 radical (unpaired) electrons. The van der Waals surface area contributed by atoms with Crippen molar-refractivity contribution in [1.29, 1.82) is 0 Å². The summed E-state index contributed by atoms with van der Waals surface area (Å²) in [6.45, 7) is 6.22. The highest BCUT2D eigenvalue weighted by molar-refractivity contribution is 5.77. The first kappa shape index (κ1) is 63.5. The molecule has 382 valence electrons. The number of hydrogen-bond donors (Lipinski definition) is 3. The van der Waals surface area contributed by atoms with Crippen LogP contribution in [0, 0.1) is 0 Å². The summed E-state index contributed by atoms with van der Waals surface area (Å²) in [4.78, 5) is 26.2. The van der Waals surface area contributed by atoms with Crippen molar-refractivity contribution in [3.8, 4) is 0 Å². The smallest absolute Gasteiger partial charge is 0.306 e. The summed E-state index contributed by atoms with van der Waals surface area (Å²) in [5.74, 6) is -0.558. The van der Waals surface area contributed by atoms with Crippen LogP contribution in [0.5, 0.6) is 0 Å². The zero-order chi connectivity index (χ0) is 48.8. The maximum Gasteiger partial charge on any atom is 0.306 e. The van der Waals surface area contributed by atoms with Gasteiger partial charge in [0.2, 0.25) is 5.91 Å². The number of rotatable bonds is 48. The zero-order valence-electron chi connectivity index (χ0n) is 43.5. The third kappa shape index (κ3) is 48.8. The van der Waals surface area contributed by atoms with E-state index >= 15 is 0 Å². The minimum Gasteiger partial charge on any atom is -0.462 e. The number of nitrogens with one attached hydrogen (secondary N) is 1. The van der Waals surface area contributed by atoms with Gasteiger partial charge in [-0.1, -0.05) is 246 Å². The number of aliphatic hydroxyl groups is 2. The van der Waals surface area contributed by atoms with Gasteiger partial charge in [0.05, 0.1) is 25.2 Å². The molecule has 3 atom stereocenters. The number of carbonyl (C=O) groups is 2. The Morgan fingerprint density at radius 3 is 1.40 bits per heavy atom. The fraction of sp³-hybridized carbons (Fsp3) is 0.672. The normalized spacial score (nSPS) is 14.0. The van der Waals surface area contributed by atoms with E-state index in [-0.39, 0.29) is 24.9 Å². The Labute approximate surface area is 413 Å². The van der Waals surface area contributed by atoms with Gasteiger partial charge in [-0.05, 0) is 89.9 Å². The second kappa shape index (κ2) is 53.5. The molecule has 0 heterocycles. The number of allylic oxidation sites excluding steroid dienone is 18. The molecule has 3 unspecified atom stereocenters. The minimum atomic E-state index is -0.812. The van der Waals surface area contributed by atoms with Crippen LogP contribution in [0.25, 0.3) is 0 Å². The molecule has 0 aliphatic heterocycles. The van der Waals surface area contributed by atoms with Gasteiger partial charge < -0.3 is 20.3 Å². The van der Waals surface area contributed by atoms with E-state index in [0.717, 1.165) is 109 Å². The molecule has 0 aromatic carbocycles. The van der Waals surface area contributed by atoms with Crippen LogP contribution in [-0.2, 0) is 14.3 Å². The van der Waals surface area contributed by atoms with Gasteiger partial charge in [0.1, 0.15) is 6.10 Å². The molecule has 0 spiro atoms. The Morgan fingerprint density at radius 2 is 0.881 bits per heavy atom. The topological polar surface area (TPSA) is 95.9 Å². The first-order chi connectivity index (χ1) is 33.0. The lowest BCUT2D eigenvalue weighted by atomic mass is 10.0. The summed E-state index contributed by atoms with van der Waals surface area (Å²) in [5.41, 5.74) is 0. The summed E-state index contributed by atoms with van der Waals surface area (Å²) >= 11 is 0. The predicted molar refractivity (Wildman–Crippen MR) is 291 cm³/mol. The molecule has 0 aromatic heterocycles. The van der Waals surface area contributed by atoms with Crippen LogP contribution in [0.1, 0.15) is 239 Å². The number of unbranched alkanes of at least 4 members (excludes halogenated alkanes) is 21. The van der Waals surface area contributed by atoms with Gasteiger partial charge in [-0.25, -0.2) is 0 Å². The third-order valence-corrected chi connectivity index (χ3v) is 11.9. The summed E-state index contributed by atoms with van der Waals surface area (Å²) in [5, 5.41) is 23.8. The largest absolute Gasteiger partial charge is 0.462 e. The van der Waals surface area contributed by atoms with E-state index in [2.05, 4.69) is 111 Å². The van der Waals surface area contributed by atoms with E-state index in [4.69, 9.17) is 4.74 Å². The monoisotopic (exact) mass is 930 g/mol. The van der Waals surface area contributed by atoms with Crippen molar-refractivity contribution >= 4 is 11.9 Å². The van der Waals surface area contributed by atoms with Gasteiger partial charge in [-0.3, -0.25) is 9.59 Å². The van der Waals surface area contributed by atoms with Crippen LogP contribution >= 0.6 is 0 Å². The second-order valence-corrected chi connectivity index (χ2v) is 18.3. The lowest BCUT2D eigenvalue weighted by molar-refractivity contribution is -0.151. The van der Waals surface area contributed by atoms with Crippen LogP contribution in [0.2, 0.25) is 0 Å². The summed E-state index contributed by atoms with van der Waals surface area (Å²) in [6.07, 6.45) is 72.9. The van der Waals surface area contributed by atoms with Crippen LogP contribution < -0.4 is 5.32 Å². The molecule has 67 heavy (non-hydrogen) atoms. The maximum atomic E-state index is 13.2. The molecule has 6 nitrogen and oxygen atoms in total. The van der Waals surface area contributed by atoms with E-state index in [0.29, 0.717) is 19.3 Å². The molecule has 0 saturated heterocycles. The quantitative estimate of drug-likeness (QED) is 0.0244. The number of esters is 1. The van der Waals surface area contributed by atoms with Crippen molar-refractivity contribution < 1.29 is 24.5 Å². The number of ether oxygens (including phenoxy) is 1. The molecule has 0 bridgehead atoms. The van der Waals surface area contributed by atoms with Crippen molar-refractivity contribution in [3.05, 3.63) is 109 Å². The fourth-order valence-corrected chi connectivity index (χ4v) is 7.82. The zero-order valence-corrected chi connectivity index (χ0v) is 43.5. The molecule has 0 aliphatic rings. The summed E-state index contributed by atoms with van der Waals surface area (Å²) in [7, 11) is 0. The molecule has 6 heteroatoms. The van der Waals surface area contributed by atoms with Gasteiger partial charge in [0.25, 0.3) is 0 Å². The van der Waals surface area contributed by atoms with Gasteiger partial charge in [-0.15, -0.1) is 0 Å². The standard InChI is InChI=1S/C61H103NO5/c1-4-7-10-13-16-19-22-25-27-29-30-31-33-36-39-42-45-48-51-54-61(66)67-57(52-49-46-43-40-37-34-24-21-18-15-12-9-6-3)55-60(65)62-58(56-63)59(64)53-50-47-44-41-38-35-32-28-26-23-20-17-14-11-8-5-2/h7,9-10,12,15-16,18-19,21,24-25,27,30-31,34,36-37,39,57-59,63-64H,4-6,8,11,13-14,17,20,22-23,26,28-29,32-33,35,38,40-56H2,1-3H3,(H,62,65)/b10-7-,12-9+,18-15+,19-16-,24-21+,27-25-,31-30-,37-34-,39-36-. The van der Waals surface area contributed by atoms with Crippen molar-refractivity contribution in [2.45, 2.75) is 257 Å². The Kier molecular flexibility index (Phi) is 50.7. The molecule has 3 N–H and O–H groups in total. The molecule has 0 aliphatic carbocycles. The van der Waals surface area contributed by atoms with E-state index in [1.807, 2.05) is 24.3 Å². The van der Waals surface area contributed by atoms with Crippen molar-refractivity contribution in [2.75, 3.05) is 6.61 Å². The first-order valence-corrected chi connectivity index (χ1v) is 27.7. The molecule has 0 aromatic rings. The highest BCUT2D eigenvalue weighted by atomic mass is 16.5. The molecule has 1 amide bonds. The minimum absolute atomic E-state index is 0.0315. The highest BCUT2D eigenvalue weighted by Gasteiger charge is 2.24. The lowest BCUT2D eigenvalue weighted by Gasteiger charge is -2.24. The average Bonchev–Trinajstić information content (AvgIpc) is 3.32. The number of hydrogen-bond acceptors (Lipinski definition) is 5. The SMILES string of the molecule is CC/C=C\C/C=C\C/C=C\C/C=C\C/C=C\CCCCCC(=O)OC(CCCCC\C=C/C=C/C=C/C=C/CC)CC(=O)NC(CO)C(O)CCCCCCCCCCCCCCCCCC. The van der Waals surface area contributed by atoms with Crippen molar-refractivity contribution in [1.82, 2.24) is 5.32 Å². The Morgan fingerprint density at radius 1 is 0.463 bits per heavy atom. The Bertz CT molecular complexity index is 1370. The predicted octanol–water partition coefficient (Wildman–Crippen LogP) is 17.1. The number of carbonyl (C=O) groups excluding carboxylic acids is 2. The van der Waals surface area contributed by atoms with Crippen LogP contribution in [0.3, 0.4) is 0 Å². The molecular formula is C61H103NO5. The van der Waals surface area contributed by atoms with E-state index in [1.165, 1.54) is 83.5 Å². The van der Waals surface area contributed by atoms with Crippen LogP contribution in [-0.4, -0.2) is 46.9 Å². The van der Waals surface area contributed by atoms with Crippen molar-refractivity contribution in [3.63, 3.8) is 0 Å². The lowest BCUT2D eigenvalue weighted by Crippen LogP contribution is -2.46. The average molecular weight is 930 g/mol. The highest BCUT2D eigenvalue weighted by Crippen LogP contribution is 2.17. The molecular weight excluding hydrogens is 827 g/mol. The van der Waals surface area contributed by atoms with Gasteiger partial charge in [0.15, 0.2) is 0 Å². The Balaban J connectivity index is 4.65.